The topological polar surface area (TPSA) is 105 Å². The van der Waals surface area contributed by atoms with E-state index in [0.29, 0.717) is 17.8 Å². The van der Waals surface area contributed by atoms with Crippen molar-refractivity contribution in [2.75, 3.05) is 0 Å². The quantitative estimate of drug-likeness (QED) is 0.743. The lowest BCUT2D eigenvalue weighted by molar-refractivity contribution is -0.124. The van der Waals surface area contributed by atoms with Crippen molar-refractivity contribution in [3.05, 3.63) is 65.5 Å². The molecule has 1 heterocycles. The summed E-state index contributed by atoms with van der Waals surface area (Å²) in [5.41, 5.74) is 3.11. The van der Waals surface area contributed by atoms with Gasteiger partial charge >= 0.3 is 0 Å². The highest BCUT2D eigenvalue weighted by Crippen LogP contribution is 2.17. The summed E-state index contributed by atoms with van der Waals surface area (Å²) in [6.45, 7) is 1.83. The van der Waals surface area contributed by atoms with Crippen LogP contribution >= 0.6 is 0 Å². The number of carbonyl (C=O) groups excluding carboxylic acids is 1. The monoisotopic (exact) mass is 343 g/mol. The normalized spacial score (nSPS) is 12.7. The van der Waals surface area contributed by atoms with Crippen molar-refractivity contribution in [3.8, 4) is 12.1 Å². The van der Waals surface area contributed by atoms with Crippen molar-refractivity contribution >= 4 is 16.9 Å². The van der Waals surface area contributed by atoms with Gasteiger partial charge in [0, 0.05) is 0 Å². The number of amides is 1. The highest BCUT2D eigenvalue weighted by molar-refractivity contribution is 5.82. The number of imidazole rings is 1. The minimum Gasteiger partial charge on any atom is -0.345 e. The highest BCUT2D eigenvalue weighted by atomic mass is 16.1. The van der Waals surface area contributed by atoms with Gasteiger partial charge in [-0.2, -0.15) is 10.5 Å². The number of hydrogen-bond donors (Lipinski definition) is 2. The summed E-state index contributed by atoms with van der Waals surface area (Å²) in [5, 5.41) is 21.0. The van der Waals surface area contributed by atoms with Gasteiger partial charge in [0.2, 0.25) is 5.91 Å². The molecule has 0 aliphatic rings. The number of H-pyrrole nitrogens is 1. The summed E-state index contributed by atoms with van der Waals surface area (Å²) in [5.74, 6) is -0.505. The van der Waals surface area contributed by atoms with Gasteiger partial charge < -0.3 is 10.3 Å². The first-order chi connectivity index (χ1) is 12.6. The third-order valence-electron chi connectivity index (χ3n) is 4.17. The summed E-state index contributed by atoms with van der Waals surface area (Å²) in [6.07, 6.45) is 0.293. The number of rotatable bonds is 5. The first kappa shape index (κ1) is 17.2. The van der Waals surface area contributed by atoms with Crippen LogP contribution in [-0.2, 0) is 11.2 Å². The van der Waals surface area contributed by atoms with E-state index in [4.69, 9.17) is 5.26 Å². The second kappa shape index (κ2) is 7.50. The maximum Gasteiger partial charge on any atom is 0.238 e. The van der Waals surface area contributed by atoms with Gasteiger partial charge in [0.1, 0.15) is 11.7 Å². The number of nitriles is 2. The summed E-state index contributed by atoms with van der Waals surface area (Å²) in [4.78, 5) is 20.1. The molecule has 0 spiro atoms. The van der Waals surface area contributed by atoms with Gasteiger partial charge in [-0.15, -0.1) is 0 Å². The number of hydrogen-bond acceptors (Lipinski definition) is 4. The molecule has 2 aromatic carbocycles. The lowest BCUT2D eigenvalue weighted by Crippen LogP contribution is -2.33. The number of nitrogens with zero attached hydrogens (tertiary/aromatic N) is 3. The Kier molecular flexibility index (Phi) is 4.96. The zero-order chi connectivity index (χ0) is 18.5. The van der Waals surface area contributed by atoms with Crippen molar-refractivity contribution in [2.45, 2.75) is 19.4 Å². The average Bonchev–Trinajstić information content (AvgIpc) is 3.11. The van der Waals surface area contributed by atoms with Gasteiger partial charge in [0.25, 0.3) is 0 Å². The van der Waals surface area contributed by atoms with Crippen molar-refractivity contribution < 1.29 is 4.79 Å². The molecule has 0 aliphatic carbocycles. The lowest BCUT2D eigenvalue weighted by Gasteiger charge is -2.14. The standard InChI is InChI=1S/C20H17N5O/c1-13(19-24-17-4-2-3-5-18(17)25-19)23-20(26)16(12-22)10-14-6-8-15(11-21)9-7-14/h2-9,13,16H,10H2,1H3,(H,23,26)(H,24,25)/t13-,16-/m0/s1. The minimum atomic E-state index is -0.810. The van der Waals surface area contributed by atoms with E-state index in [1.165, 1.54) is 0 Å². The molecule has 3 aromatic rings. The maximum absolute atomic E-state index is 12.5. The largest absolute Gasteiger partial charge is 0.345 e. The van der Waals surface area contributed by atoms with Crippen LogP contribution in [0.25, 0.3) is 11.0 Å². The lowest BCUT2D eigenvalue weighted by atomic mass is 9.98. The number of benzene rings is 2. The molecule has 26 heavy (non-hydrogen) atoms. The van der Waals surface area contributed by atoms with Gasteiger partial charge in [0.15, 0.2) is 0 Å². The molecular weight excluding hydrogens is 326 g/mol. The molecule has 2 atom stereocenters. The number of carbonyl (C=O) groups is 1. The van der Waals surface area contributed by atoms with Crippen molar-refractivity contribution in [1.29, 1.82) is 10.5 Å². The average molecular weight is 343 g/mol. The van der Waals surface area contributed by atoms with Crippen LogP contribution in [0.4, 0.5) is 0 Å². The molecule has 0 saturated heterocycles. The SMILES string of the molecule is C[C@H](NC(=O)[C@H](C#N)Cc1ccc(C#N)cc1)c1nc2ccccc2[nH]1. The van der Waals surface area contributed by atoms with Crippen LogP contribution in [0.5, 0.6) is 0 Å². The Bertz CT molecular complexity index is 974. The van der Waals surface area contributed by atoms with Gasteiger partial charge in [-0.1, -0.05) is 24.3 Å². The van der Waals surface area contributed by atoms with E-state index in [0.717, 1.165) is 16.6 Å². The first-order valence-electron chi connectivity index (χ1n) is 8.24. The number of nitrogens with one attached hydrogen (secondary N) is 2. The van der Waals surface area contributed by atoms with E-state index < -0.39 is 5.92 Å². The molecule has 0 aliphatic heterocycles. The molecule has 0 unspecified atom stereocenters. The third kappa shape index (κ3) is 3.71. The Morgan fingerprint density at radius 3 is 2.58 bits per heavy atom. The van der Waals surface area contributed by atoms with Crippen molar-refractivity contribution in [1.82, 2.24) is 15.3 Å². The second-order valence-electron chi connectivity index (χ2n) is 6.06. The Morgan fingerprint density at radius 2 is 1.92 bits per heavy atom. The van der Waals surface area contributed by atoms with Crippen LogP contribution in [0, 0.1) is 28.6 Å². The maximum atomic E-state index is 12.5. The van der Waals surface area contributed by atoms with Crippen LogP contribution in [0.2, 0.25) is 0 Å². The van der Waals surface area contributed by atoms with Gasteiger partial charge in [-0.05, 0) is 43.2 Å². The fraction of sp³-hybridized carbons (Fsp3) is 0.200. The number of aromatic nitrogens is 2. The van der Waals surface area contributed by atoms with Crippen LogP contribution in [0.15, 0.2) is 48.5 Å². The highest BCUT2D eigenvalue weighted by Gasteiger charge is 2.22. The van der Waals surface area contributed by atoms with Gasteiger partial charge in [-0.3, -0.25) is 4.79 Å². The molecule has 0 bridgehead atoms. The van der Waals surface area contributed by atoms with E-state index in [-0.39, 0.29) is 11.9 Å². The van der Waals surface area contributed by atoms with E-state index in [9.17, 15) is 10.1 Å². The molecule has 0 fully saturated rings. The Balaban J connectivity index is 1.68. The molecule has 6 nitrogen and oxygen atoms in total. The Labute approximate surface area is 151 Å². The summed E-state index contributed by atoms with van der Waals surface area (Å²) >= 11 is 0. The minimum absolute atomic E-state index is 0.293. The second-order valence-corrected chi connectivity index (χ2v) is 6.06. The molecular formula is C20H17N5O. The van der Waals surface area contributed by atoms with Crippen LogP contribution in [0.3, 0.4) is 0 Å². The molecule has 3 rings (SSSR count). The number of aromatic amines is 1. The molecule has 1 amide bonds. The van der Waals surface area contributed by atoms with Crippen LogP contribution in [0.1, 0.15) is 29.9 Å². The van der Waals surface area contributed by atoms with Crippen LogP contribution in [-0.4, -0.2) is 15.9 Å². The van der Waals surface area contributed by atoms with E-state index in [1.807, 2.05) is 37.3 Å². The number of fused-ring (bicyclic) bond motifs is 1. The Morgan fingerprint density at radius 1 is 1.19 bits per heavy atom. The van der Waals surface area contributed by atoms with E-state index >= 15 is 0 Å². The third-order valence-corrected chi connectivity index (χ3v) is 4.17. The first-order valence-corrected chi connectivity index (χ1v) is 8.24. The summed E-state index contributed by atoms with van der Waals surface area (Å²) < 4.78 is 0. The Hall–Kier alpha value is -3.64. The molecule has 0 radical (unpaired) electrons. The predicted octanol–water partition coefficient (Wildman–Crippen LogP) is 2.99. The molecule has 128 valence electrons. The van der Waals surface area contributed by atoms with E-state index in [2.05, 4.69) is 21.4 Å². The summed E-state index contributed by atoms with van der Waals surface area (Å²) in [6, 6.07) is 18.3. The van der Waals surface area contributed by atoms with Crippen LogP contribution < -0.4 is 5.32 Å². The van der Waals surface area contributed by atoms with E-state index in [1.54, 1.807) is 24.3 Å². The predicted molar refractivity (Wildman–Crippen MR) is 96.6 cm³/mol. The molecule has 1 aromatic heterocycles. The van der Waals surface area contributed by atoms with Gasteiger partial charge in [0.05, 0.1) is 34.8 Å². The fourth-order valence-corrected chi connectivity index (χ4v) is 2.71. The number of para-hydroxylation sites is 2. The fourth-order valence-electron chi connectivity index (χ4n) is 2.71. The zero-order valence-electron chi connectivity index (χ0n) is 14.2. The van der Waals surface area contributed by atoms with Crippen molar-refractivity contribution in [3.63, 3.8) is 0 Å². The molecule has 2 N–H and O–H groups in total. The smallest absolute Gasteiger partial charge is 0.238 e. The molecule has 0 saturated carbocycles. The molecule has 6 heteroatoms. The van der Waals surface area contributed by atoms with Gasteiger partial charge in [-0.25, -0.2) is 4.98 Å². The van der Waals surface area contributed by atoms with Crippen molar-refractivity contribution in [2.24, 2.45) is 5.92 Å². The summed E-state index contributed by atoms with van der Waals surface area (Å²) in [7, 11) is 0. The zero-order valence-corrected chi connectivity index (χ0v) is 14.2.